The van der Waals surface area contributed by atoms with Gasteiger partial charge in [-0.2, -0.15) is 0 Å². The second kappa shape index (κ2) is 7.50. The first-order chi connectivity index (χ1) is 6.67. The van der Waals surface area contributed by atoms with E-state index < -0.39 is 5.97 Å². The normalized spacial score (nSPS) is 9.14. The maximum Gasteiger partial charge on any atom is 0.357 e. The van der Waals surface area contributed by atoms with E-state index in [1.807, 2.05) is 0 Å². The summed E-state index contributed by atoms with van der Waals surface area (Å²) in [6.45, 7) is 6.27. The van der Waals surface area contributed by atoms with Crippen LogP contribution in [0.2, 0.25) is 0 Å². The zero-order valence-electron chi connectivity index (χ0n) is 8.63. The van der Waals surface area contributed by atoms with Gasteiger partial charge >= 0.3 is 11.9 Å². The highest BCUT2D eigenvalue weighted by Crippen LogP contribution is 2.14. The first-order valence-electron chi connectivity index (χ1n) is 4.49. The van der Waals surface area contributed by atoms with Gasteiger partial charge in [-0.15, -0.1) is 0 Å². The number of esters is 1. The molecule has 0 heterocycles. The Morgan fingerprint density at radius 2 is 1.43 bits per heavy atom. The van der Waals surface area contributed by atoms with Crippen molar-refractivity contribution in [2.75, 3.05) is 19.8 Å². The number of hydrogen-bond donors (Lipinski definition) is 0. The van der Waals surface area contributed by atoms with Crippen LogP contribution >= 0.6 is 11.6 Å². The fourth-order valence-corrected chi connectivity index (χ4v) is 0.872. The highest BCUT2D eigenvalue weighted by molar-refractivity contribution is 6.41. The lowest BCUT2D eigenvalue weighted by Crippen LogP contribution is -2.10. The lowest BCUT2D eigenvalue weighted by molar-refractivity contribution is -0.138. The molecule has 4 nitrogen and oxygen atoms in total. The molecule has 0 saturated heterocycles. The van der Waals surface area contributed by atoms with Gasteiger partial charge in [-0.05, 0) is 20.8 Å². The maximum absolute atomic E-state index is 11.2. The van der Waals surface area contributed by atoms with Crippen molar-refractivity contribution in [1.29, 1.82) is 0 Å². The summed E-state index contributed by atoms with van der Waals surface area (Å²) in [7, 11) is 0. The molecule has 0 aromatic carbocycles. The van der Waals surface area contributed by atoms with Crippen molar-refractivity contribution in [3.8, 4) is 0 Å². The van der Waals surface area contributed by atoms with Gasteiger partial charge in [0.05, 0.1) is 19.8 Å². The van der Waals surface area contributed by atoms with Gasteiger partial charge in [-0.25, -0.2) is 4.79 Å². The molecule has 82 valence electrons. The molecule has 0 fully saturated rings. The van der Waals surface area contributed by atoms with Crippen molar-refractivity contribution < 1.29 is 19.0 Å². The number of carbonyl (C=O) groups is 1. The molecule has 0 atom stereocenters. The molecule has 0 rings (SSSR count). The Morgan fingerprint density at radius 1 is 1.00 bits per heavy atom. The first kappa shape index (κ1) is 13.1. The highest BCUT2D eigenvalue weighted by Gasteiger charge is 2.16. The van der Waals surface area contributed by atoms with Gasteiger partial charge < -0.3 is 14.2 Å². The van der Waals surface area contributed by atoms with Gasteiger partial charge in [0, 0.05) is 0 Å². The SMILES string of the molecule is CCOC(=O)C(Cl)=C(OCC)OCC. The second-order valence-electron chi connectivity index (χ2n) is 2.19. The van der Waals surface area contributed by atoms with Crippen LogP contribution in [-0.2, 0) is 19.0 Å². The van der Waals surface area contributed by atoms with Gasteiger partial charge in [-0.3, -0.25) is 0 Å². The number of ether oxygens (including phenoxy) is 3. The zero-order chi connectivity index (χ0) is 11.0. The van der Waals surface area contributed by atoms with Crippen LogP contribution in [0.3, 0.4) is 0 Å². The molecule has 0 aromatic rings. The van der Waals surface area contributed by atoms with E-state index in [0.29, 0.717) is 13.2 Å². The predicted octanol–water partition coefficient (Wildman–Crippen LogP) is 2.03. The van der Waals surface area contributed by atoms with Crippen molar-refractivity contribution in [2.24, 2.45) is 0 Å². The molecular weight excluding hydrogens is 208 g/mol. The number of rotatable bonds is 6. The molecule has 0 unspecified atom stereocenters. The first-order valence-corrected chi connectivity index (χ1v) is 4.87. The number of carbonyl (C=O) groups excluding carboxylic acids is 1. The fraction of sp³-hybridized carbons (Fsp3) is 0.667. The Hall–Kier alpha value is -0.900. The van der Waals surface area contributed by atoms with E-state index in [-0.39, 0.29) is 17.6 Å². The lowest BCUT2D eigenvalue weighted by atomic mass is 10.6. The standard InChI is InChI=1S/C9H15ClO4/c1-4-12-8(11)7(10)9(13-5-2)14-6-3/h4-6H2,1-3H3. The van der Waals surface area contributed by atoms with Crippen molar-refractivity contribution in [2.45, 2.75) is 20.8 Å². The van der Waals surface area contributed by atoms with E-state index in [2.05, 4.69) is 4.74 Å². The van der Waals surface area contributed by atoms with Gasteiger partial charge in [-0.1, -0.05) is 11.6 Å². The van der Waals surface area contributed by atoms with Gasteiger partial charge in [0.15, 0.2) is 0 Å². The van der Waals surface area contributed by atoms with Gasteiger partial charge in [0.2, 0.25) is 5.03 Å². The Balaban J connectivity index is 4.51. The molecule has 14 heavy (non-hydrogen) atoms. The molecule has 0 aliphatic carbocycles. The minimum absolute atomic E-state index is 0.0233. The third-order valence-corrected chi connectivity index (χ3v) is 1.49. The molecule has 0 aromatic heterocycles. The third-order valence-electron chi connectivity index (χ3n) is 1.18. The number of hydrogen-bond acceptors (Lipinski definition) is 4. The lowest BCUT2D eigenvalue weighted by Gasteiger charge is -2.10. The van der Waals surface area contributed by atoms with Crippen molar-refractivity contribution >= 4 is 17.6 Å². The molecule has 0 saturated carbocycles. The smallest absolute Gasteiger partial charge is 0.357 e. The van der Waals surface area contributed by atoms with Crippen LogP contribution in [0.1, 0.15) is 20.8 Å². The minimum Gasteiger partial charge on any atom is -0.464 e. The van der Waals surface area contributed by atoms with Crippen LogP contribution in [-0.4, -0.2) is 25.8 Å². The molecule has 0 bridgehead atoms. The van der Waals surface area contributed by atoms with Gasteiger partial charge in [0.1, 0.15) is 0 Å². The predicted molar refractivity (Wildman–Crippen MR) is 52.8 cm³/mol. The van der Waals surface area contributed by atoms with Crippen LogP contribution in [0.25, 0.3) is 0 Å². The molecule has 5 heteroatoms. The van der Waals surface area contributed by atoms with E-state index in [1.165, 1.54) is 0 Å². The van der Waals surface area contributed by atoms with Crippen molar-refractivity contribution in [3.63, 3.8) is 0 Å². The molecule has 0 radical (unpaired) electrons. The Kier molecular flexibility index (Phi) is 7.02. The van der Waals surface area contributed by atoms with E-state index in [1.54, 1.807) is 20.8 Å². The monoisotopic (exact) mass is 222 g/mol. The summed E-state index contributed by atoms with van der Waals surface area (Å²) in [6, 6.07) is 0. The average Bonchev–Trinajstić information content (AvgIpc) is 2.17. The second-order valence-corrected chi connectivity index (χ2v) is 2.57. The Morgan fingerprint density at radius 3 is 1.79 bits per heavy atom. The van der Waals surface area contributed by atoms with Crippen LogP contribution < -0.4 is 0 Å². The highest BCUT2D eigenvalue weighted by atomic mass is 35.5. The third kappa shape index (κ3) is 4.37. The minimum atomic E-state index is -0.633. The maximum atomic E-state index is 11.2. The number of halogens is 1. The summed E-state index contributed by atoms with van der Waals surface area (Å²) < 4.78 is 14.8. The summed E-state index contributed by atoms with van der Waals surface area (Å²) in [6.07, 6.45) is 0. The summed E-state index contributed by atoms with van der Waals surface area (Å²) in [5.74, 6) is -0.610. The molecule has 0 aliphatic heterocycles. The van der Waals surface area contributed by atoms with E-state index in [0.717, 1.165) is 0 Å². The summed E-state index contributed by atoms with van der Waals surface area (Å²) in [4.78, 5) is 11.2. The largest absolute Gasteiger partial charge is 0.464 e. The van der Waals surface area contributed by atoms with Gasteiger partial charge in [0.25, 0.3) is 0 Å². The molecule has 0 N–H and O–H groups in total. The quantitative estimate of drug-likeness (QED) is 0.392. The zero-order valence-corrected chi connectivity index (χ0v) is 9.39. The van der Waals surface area contributed by atoms with E-state index in [4.69, 9.17) is 21.1 Å². The Labute approximate surface area is 88.8 Å². The van der Waals surface area contributed by atoms with Crippen LogP contribution in [0.4, 0.5) is 0 Å². The topological polar surface area (TPSA) is 44.8 Å². The molecule has 0 aliphatic rings. The molecule has 0 spiro atoms. The van der Waals surface area contributed by atoms with E-state index >= 15 is 0 Å². The van der Waals surface area contributed by atoms with Crippen molar-refractivity contribution in [3.05, 3.63) is 11.0 Å². The van der Waals surface area contributed by atoms with Crippen molar-refractivity contribution in [1.82, 2.24) is 0 Å². The van der Waals surface area contributed by atoms with Crippen LogP contribution in [0, 0.1) is 0 Å². The summed E-state index contributed by atoms with van der Waals surface area (Å²) in [5, 5.41) is -0.157. The van der Waals surface area contributed by atoms with E-state index in [9.17, 15) is 4.79 Å². The summed E-state index contributed by atoms with van der Waals surface area (Å²) >= 11 is 5.69. The van der Waals surface area contributed by atoms with Crippen LogP contribution in [0.5, 0.6) is 0 Å². The Bertz CT molecular complexity index is 205. The van der Waals surface area contributed by atoms with Crippen LogP contribution in [0.15, 0.2) is 11.0 Å². The average molecular weight is 223 g/mol. The fourth-order valence-electron chi connectivity index (χ4n) is 0.708. The summed E-state index contributed by atoms with van der Waals surface area (Å²) in [5.41, 5.74) is 0. The molecular formula is C9H15ClO4. The molecule has 0 amide bonds.